The summed E-state index contributed by atoms with van der Waals surface area (Å²) in [6.45, 7) is 4.37. The van der Waals surface area contributed by atoms with Gasteiger partial charge in [-0.2, -0.15) is 0 Å². The van der Waals surface area contributed by atoms with Gasteiger partial charge in [0.2, 0.25) is 5.91 Å². The first-order valence-electron chi connectivity index (χ1n) is 5.87. The third-order valence-corrected chi connectivity index (χ3v) is 3.27. The van der Waals surface area contributed by atoms with Gasteiger partial charge in [-0.25, -0.2) is 4.39 Å². The highest BCUT2D eigenvalue weighted by atomic mass is 79.9. The smallest absolute Gasteiger partial charge is 0.237 e. The molecule has 3 N–H and O–H groups in total. The maximum Gasteiger partial charge on any atom is 0.237 e. The first-order valence-corrected chi connectivity index (χ1v) is 6.66. The number of rotatable bonds is 5. The fraction of sp³-hybridized carbons (Fsp3) is 0.462. The molecule has 3 nitrogen and oxygen atoms in total. The first-order chi connectivity index (χ1) is 8.40. The molecule has 0 aliphatic carbocycles. The molecule has 0 fully saturated rings. The largest absolute Gasteiger partial charge is 0.351 e. The van der Waals surface area contributed by atoms with Crippen molar-refractivity contribution in [3.05, 3.63) is 34.1 Å². The molecule has 0 saturated heterocycles. The normalized spacial score (nSPS) is 11.9. The molecule has 0 heterocycles. The van der Waals surface area contributed by atoms with Crippen LogP contribution in [0.4, 0.5) is 4.39 Å². The zero-order valence-electron chi connectivity index (χ0n) is 11.0. The minimum Gasteiger partial charge on any atom is -0.351 e. The number of nitrogens with two attached hydrogens (primary N) is 1. The topological polar surface area (TPSA) is 55.1 Å². The molecule has 0 unspecified atom stereocenters. The lowest BCUT2D eigenvalue weighted by molar-refractivity contribution is -0.122. The summed E-state index contributed by atoms with van der Waals surface area (Å²) in [5, 5.41) is 2.75. The van der Waals surface area contributed by atoms with Gasteiger partial charge in [0.1, 0.15) is 5.82 Å². The van der Waals surface area contributed by atoms with Crippen LogP contribution in [0.5, 0.6) is 0 Å². The van der Waals surface area contributed by atoms with Gasteiger partial charge in [-0.1, -0.05) is 35.8 Å². The van der Waals surface area contributed by atoms with Gasteiger partial charge in [0.15, 0.2) is 0 Å². The lowest BCUT2D eigenvalue weighted by atomic mass is 10.0. The predicted molar refractivity (Wildman–Crippen MR) is 80.6 cm³/mol. The molecule has 0 aliphatic heterocycles. The van der Waals surface area contributed by atoms with Crippen molar-refractivity contribution in [2.24, 2.45) is 11.7 Å². The van der Waals surface area contributed by atoms with E-state index in [1.54, 1.807) is 6.07 Å². The van der Waals surface area contributed by atoms with Crippen LogP contribution >= 0.6 is 28.3 Å². The molecule has 19 heavy (non-hydrogen) atoms. The number of nitrogens with one attached hydrogen (secondary N) is 1. The molecule has 0 spiro atoms. The molecule has 6 heteroatoms. The van der Waals surface area contributed by atoms with E-state index in [9.17, 15) is 9.18 Å². The van der Waals surface area contributed by atoms with Crippen LogP contribution in [0.1, 0.15) is 25.8 Å². The molecule has 1 atom stereocenters. The van der Waals surface area contributed by atoms with Crippen LogP contribution in [0.3, 0.4) is 0 Å². The van der Waals surface area contributed by atoms with Gasteiger partial charge in [-0.3, -0.25) is 4.79 Å². The molecule has 108 valence electrons. The molecule has 0 saturated carbocycles. The third kappa shape index (κ3) is 6.36. The Bertz CT molecular complexity index is 429. The molecule has 0 radical (unpaired) electrons. The van der Waals surface area contributed by atoms with Crippen molar-refractivity contribution < 1.29 is 9.18 Å². The van der Waals surface area contributed by atoms with Gasteiger partial charge in [0, 0.05) is 11.0 Å². The van der Waals surface area contributed by atoms with Crippen LogP contribution in [0.25, 0.3) is 0 Å². The second kappa shape index (κ2) is 8.51. The zero-order valence-corrected chi connectivity index (χ0v) is 13.4. The number of carbonyl (C=O) groups is 1. The maximum absolute atomic E-state index is 12.9. The highest BCUT2D eigenvalue weighted by molar-refractivity contribution is 9.10. The van der Waals surface area contributed by atoms with Crippen molar-refractivity contribution in [3.8, 4) is 0 Å². The number of hydrogen-bond donors (Lipinski definition) is 2. The number of amides is 1. The van der Waals surface area contributed by atoms with E-state index in [1.165, 1.54) is 12.1 Å². The van der Waals surface area contributed by atoms with Gasteiger partial charge in [-0.05, 0) is 30.0 Å². The van der Waals surface area contributed by atoms with Gasteiger partial charge in [0.05, 0.1) is 6.04 Å². The minimum atomic E-state index is -0.496. The lowest BCUT2D eigenvalue weighted by Crippen LogP contribution is -2.41. The maximum atomic E-state index is 12.9. The number of carbonyl (C=O) groups excluding carboxylic acids is 1. The fourth-order valence-corrected chi connectivity index (χ4v) is 2.08. The minimum absolute atomic E-state index is 0. The highest BCUT2D eigenvalue weighted by Crippen LogP contribution is 2.17. The van der Waals surface area contributed by atoms with Gasteiger partial charge in [-0.15, -0.1) is 12.4 Å². The number of benzene rings is 1. The van der Waals surface area contributed by atoms with Gasteiger partial charge in [0.25, 0.3) is 0 Å². The first kappa shape index (κ1) is 18.4. The number of hydrogen-bond acceptors (Lipinski definition) is 2. The molecule has 0 bridgehead atoms. The Morgan fingerprint density at radius 3 is 2.63 bits per heavy atom. The summed E-state index contributed by atoms with van der Waals surface area (Å²) >= 11 is 3.25. The SMILES string of the molecule is CC(C)C[C@H](N)C(=O)NCc1ccc(F)cc1Br.Cl. The Labute approximate surface area is 127 Å². The van der Waals surface area contributed by atoms with Crippen molar-refractivity contribution in [2.75, 3.05) is 0 Å². The van der Waals surface area contributed by atoms with Crippen molar-refractivity contribution >= 4 is 34.2 Å². The van der Waals surface area contributed by atoms with Crippen LogP contribution in [0.15, 0.2) is 22.7 Å². The van der Waals surface area contributed by atoms with Crippen molar-refractivity contribution in [3.63, 3.8) is 0 Å². The summed E-state index contributed by atoms with van der Waals surface area (Å²) in [4.78, 5) is 11.7. The summed E-state index contributed by atoms with van der Waals surface area (Å²) in [6, 6.07) is 3.87. The van der Waals surface area contributed by atoms with E-state index in [0.29, 0.717) is 23.4 Å². The molecule has 0 aromatic heterocycles. The predicted octanol–water partition coefficient (Wildman–Crippen LogP) is 3.00. The highest BCUT2D eigenvalue weighted by Gasteiger charge is 2.14. The molecular formula is C13H19BrClFN2O. The third-order valence-electron chi connectivity index (χ3n) is 2.53. The Morgan fingerprint density at radius 2 is 2.11 bits per heavy atom. The number of halogens is 3. The summed E-state index contributed by atoms with van der Waals surface area (Å²) < 4.78 is 13.5. The second-order valence-electron chi connectivity index (χ2n) is 4.69. The molecule has 1 amide bonds. The standard InChI is InChI=1S/C13H18BrFN2O.ClH/c1-8(2)5-12(16)13(18)17-7-9-3-4-10(15)6-11(9)14;/h3-4,6,8,12H,5,7,16H2,1-2H3,(H,17,18);1H/t12-;/m0./s1. The quantitative estimate of drug-likeness (QED) is 0.855. The average molecular weight is 354 g/mol. The Balaban J connectivity index is 0.00000324. The summed E-state index contributed by atoms with van der Waals surface area (Å²) in [5.74, 6) is -0.114. The summed E-state index contributed by atoms with van der Waals surface area (Å²) in [5.41, 5.74) is 6.58. The van der Waals surface area contributed by atoms with Crippen LogP contribution < -0.4 is 11.1 Å². The van der Waals surface area contributed by atoms with E-state index in [0.717, 1.165) is 5.56 Å². The average Bonchev–Trinajstić information content (AvgIpc) is 2.26. The molecule has 1 rings (SSSR count). The van der Waals surface area contributed by atoms with Gasteiger partial charge >= 0.3 is 0 Å². The van der Waals surface area contributed by atoms with E-state index in [-0.39, 0.29) is 24.1 Å². The Hall–Kier alpha value is -0.650. The molecule has 0 aliphatic rings. The molecular weight excluding hydrogens is 335 g/mol. The molecule has 1 aromatic rings. The Kier molecular flexibility index (Phi) is 8.22. The van der Waals surface area contributed by atoms with Gasteiger partial charge < -0.3 is 11.1 Å². The zero-order chi connectivity index (χ0) is 13.7. The van der Waals surface area contributed by atoms with Crippen LogP contribution in [0.2, 0.25) is 0 Å². The summed E-state index contributed by atoms with van der Waals surface area (Å²) in [6.07, 6.45) is 0.649. The van der Waals surface area contributed by atoms with E-state index in [2.05, 4.69) is 21.2 Å². The van der Waals surface area contributed by atoms with Crippen molar-refractivity contribution in [1.29, 1.82) is 0 Å². The van der Waals surface area contributed by atoms with E-state index >= 15 is 0 Å². The monoisotopic (exact) mass is 352 g/mol. The van der Waals surface area contributed by atoms with E-state index in [1.807, 2.05) is 13.8 Å². The van der Waals surface area contributed by atoms with Crippen LogP contribution in [-0.2, 0) is 11.3 Å². The van der Waals surface area contributed by atoms with Crippen LogP contribution in [0, 0.1) is 11.7 Å². The fourth-order valence-electron chi connectivity index (χ4n) is 1.59. The molecule has 1 aromatic carbocycles. The van der Waals surface area contributed by atoms with E-state index < -0.39 is 6.04 Å². The lowest BCUT2D eigenvalue weighted by Gasteiger charge is -2.14. The van der Waals surface area contributed by atoms with Crippen LogP contribution in [-0.4, -0.2) is 11.9 Å². The summed E-state index contributed by atoms with van der Waals surface area (Å²) in [7, 11) is 0. The van der Waals surface area contributed by atoms with Crippen molar-refractivity contribution in [2.45, 2.75) is 32.9 Å². The second-order valence-corrected chi connectivity index (χ2v) is 5.54. The Morgan fingerprint density at radius 1 is 1.47 bits per heavy atom. The van der Waals surface area contributed by atoms with Crippen molar-refractivity contribution in [1.82, 2.24) is 5.32 Å². The van der Waals surface area contributed by atoms with E-state index in [4.69, 9.17) is 5.73 Å².